The first-order chi connectivity index (χ1) is 10.7. The molecule has 0 aromatic carbocycles. The number of nitrogens with two attached hydrogens (primary N) is 1. The van der Waals surface area contributed by atoms with Gasteiger partial charge in [-0.3, -0.25) is 9.48 Å². The van der Waals surface area contributed by atoms with Crippen molar-refractivity contribution in [1.82, 2.24) is 19.3 Å². The molecule has 0 atom stereocenters. The number of nitrogen functional groups attached to an aromatic ring is 1. The molecule has 3 aromatic heterocycles. The summed E-state index contributed by atoms with van der Waals surface area (Å²) in [6.07, 6.45) is 12.2. The van der Waals surface area contributed by atoms with Crippen LogP contribution < -0.4 is 11.3 Å². The Morgan fingerprint density at radius 1 is 1.45 bits per heavy atom. The molecule has 0 saturated heterocycles. The molecule has 114 valence electrons. The summed E-state index contributed by atoms with van der Waals surface area (Å²) in [6, 6.07) is 0. The molecule has 0 bridgehead atoms. The SMILES string of the molecule is C#CCn1cc2nc3c(c[nH]n3CCCCC)c(N)c2c1=O. The van der Waals surface area contributed by atoms with Gasteiger partial charge in [0.2, 0.25) is 0 Å². The molecule has 6 heteroatoms. The highest BCUT2D eigenvalue weighted by molar-refractivity contribution is 6.05. The largest absolute Gasteiger partial charge is 0.397 e. The van der Waals surface area contributed by atoms with Crippen LogP contribution in [0.2, 0.25) is 0 Å². The number of unbranched alkanes of at least 4 members (excludes halogenated alkanes) is 2. The second-order valence-corrected chi connectivity index (χ2v) is 5.42. The molecule has 0 aliphatic rings. The number of hydrogen-bond donors (Lipinski definition) is 2. The Balaban J connectivity index is 2.16. The minimum atomic E-state index is -0.182. The number of anilines is 1. The molecular formula is C16H19N5O. The van der Waals surface area contributed by atoms with Crippen molar-refractivity contribution in [2.75, 3.05) is 5.73 Å². The summed E-state index contributed by atoms with van der Waals surface area (Å²) in [5.74, 6) is 2.47. The van der Waals surface area contributed by atoms with Gasteiger partial charge in [-0.05, 0) is 6.42 Å². The van der Waals surface area contributed by atoms with Crippen LogP contribution in [-0.2, 0) is 13.1 Å². The van der Waals surface area contributed by atoms with Crippen LogP contribution in [-0.4, -0.2) is 19.3 Å². The van der Waals surface area contributed by atoms with E-state index in [4.69, 9.17) is 12.2 Å². The van der Waals surface area contributed by atoms with Gasteiger partial charge in [0, 0.05) is 18.9 Å². The Hall–Kier alpha value is -2.68. The number of rotatable bonds is 5. The number of aromatic nitrogens is 4. The maximum atomic E-state index is 12.3. The van der Waals surface area contributed by atoms with Crippen molar-refractivity contribution >= 4 is 27.6 Å². The molecule has 3 N–H and O–H groups in total. The molecule has 0 amide bonds. The second kappa shape index (κ2) is 5.60. The second-order valence-electron chi connectivity index (χ2n) is 5.42. The van der Waals surface area contributed by atoms with E-state index in [-0.39, 0.29) is 12.1 Å². The van der Waals surface area contributed by atoms with Crippen molar-refractivity contribution in [2.45, 2.75) is 39.3 Å². The molecule has 22 heavy (non-hydrogen) atoms. The molecular weight excluding hydrogens is 278 g/mol. The van der Waals surface area contributed by atoms with Gasteiger partial charge in [0.1, 0.15) is 0 Å². The van der Waals surface area contributed by atoms with E-state index < -0.39 is 0 Å². The Morgan fingerprint density at radius 3 is 3.00 bits per heavy atom. The van der Waals surface area contributed by atoms with Crippen molar-refractivity contribution in [1.29, 1.82) is 0 Å². The maximum absolute atomic E-state index is 12.3. The molecule has 0 aliphatic carbocycles. The standard InChI is InChI=1S/C16H19N5O/c1-3-5-6-8-21-15-11(9-18-21)14(17)13-12(19-15)10-20(7-4-2)16(13)22/h2,9-10,18H,3,5-8,17H2,1H3. The van der Waals surface area contributed by atoms with Crippen LogP contribution in [0.15, 0.2) is 17.2 Å². The van der Waals surface area contributed by atoms with Crippen LogP contribution >= 0.6 is 0 Å². The van der Waals surface area contributed by atoms with Gasteiger partial charge in [-0.1, -0.05) is 25.7 Å². The molecule has 0 fully saturated rings. The third-order valence-electron chi connectivity index (χ3n) is 3.90. The zero-order valence-electron chi connectivity index (χ0n) is 12.6. The van der Waals surface area contributed by atoms with E-state index >= 15 is 0 Å². The van der Waals surface area contributed by atoms with Crippen LogP contribution in [0.3, 0.4) is 0 Å². The molecule has 0 unspecified atom stereocenters. The number of hydrogen-bond acceptors (Lipinski definition) is 3. The first-order valence-corrected chi connectivity index (χ1v) is 7.47. The van der Waals surface area contributed by atoms with E-state index in [9.17, 15) is 4.79 Å². The molecule has 0 aliphatic heterocycles. The fourth-order valence-corrected chi connectivity index (χ4v) is 2.75. The molecule has 3 rings (SSSR count). The van der Waals surface area contributed by atoms with Gasteiger partial charge in [0.05, 0.1) is 28.5 Å². The Bertz CT molecular complexity index is 922. The minimum Gasteiger partial charge on any atom is -0.397 e. The average molecular weight is 297 g/mol. The fourth-order valence-electron chi connectivity index (χ4n) is 2.75. The van der Waals surface area contributed by atoms with Gasteiger partial charge in [-0.15, -0.1) is 6.42 Å². The summed E-state index contributed by atoms with van der Waals surface area (Å²) in [5, 5.41) is 4.39. The summed E-state index contributed by atoms with van der Waals surface area (Å²) in [7, 11) is 0. The zero-order valence-corrected chi connectivity index (χ0v) is 12.6. The molecule has 6 nitrogen and oxygen atoms in total. The summed E-state index contributed by atoms with van der Waals surface area (Å²) in [5.41, 5.74) is 7.85. The first kappa shape index (κ1) is 14.3. The lowest BCUT2D eigenvalue weighted by Crippen LogP contribution is -2.14. The third kappa shape index (κ3) is 2.15. The number of aryl methyl sites for hydroxylation is 1. The van der Waals surface area contributed by atoms with Crippen LogP contribution in [0.4, 0.5) is 5.69 Å². The lowest BCUT2D eigenvalue weighted by atomic mass is 10.2. The van der Waals surface area contributed by atoms with E-state index in [1.54, 1.807) is 12.4 Å². The average Bonchev–Trinajstić information content (AvgIpc) is 3.03. The third-order valence-corrected chi connectivity index (χ3v) is 3.90. The lowest BCUT2D eigenvalue weighted by Gasteiger charge is -2.04. The molecule has 0 radical (unpaired) electrons. The topological polar surface area (TPSA) is 81.6 Å². The first-order valence-electron chi connectivity index (χ1n) is 7.47. The van der Waals surface area contributed by atoms with Gasteiger partial charge < -0.3 is 15.4 Å². The number of fused-ring (bicyclic) bond motifs is 2. The highest BCUT2D eigenvalue weighted by Gasteiger charge is 2.16. The van der Waals surface area contributed by atoms with Gasteiger partial charge in [-0.25, -0.2) is 4.98 Å². The van der Waals surface area contributed by atoms with E-state index in [1.807, 2.05) is 4.68 Å². The van der Waals surface area contributed by atoms with Crippen molar-refractivity contribution < 1.29 is 0 Å². The smallest absolute Gasteiger partial charge is 0.263 e. The summed E-state index contributed by atoms with van der Waals surface area (Å²) >= 11 is 0. The van der Waals surface area contributed by atoms with E-state index in [0.29, 0.717) is 16.6 Å². The van der Waals surface area contributed by atoms with Gasteiger partial charge >= 0.3 is 0 Å². The maximum Gasteiger partial charge on any atom is 0.263 e. The molecule has 3 heterocycles. The van der Waals surface area contributed by atoms with Crippen LogP contribution in [0, 0.1) is 12.3 Å². The Labute approximate surface area is 127 Å². The normalized spacial score (nSPS) is 11.3. The number of pyridine rings is 1. The van der Waals surface area contributed by atoms with Crippen LogP contribution in [0.5, 0.6) is 0 Å². The molecule has 0 spiro atoms. The Kier molecular flexibility index (Phi) is 3.63. The number of aromatic amines is 1. The number of terminal acetylenes is 1. The summed E-state index contributed by atoms with van der Waals surface area (Å²) in [4.78, 5) is 16.9. The summed E-state index contributed by atoms with van der Waals surface area (Å²) in [6.45, 7) is 3.24. The van der Waals surface area contributed by atoms with Crippen LogP contribution in [0.25, 0.3) is 21.9 Å². The van der Waals surface area contributed by atoms with Crippen molar-refractivity contribution in [3.05, 3.63) is 22.7 Å². The van der Waals surface area contributed by atoms with Gasteiger partial charge in [-0.2, -0.15) is 0 Å². The molecule has 3 aromatic rings. The predicted molar refractivity (Wildman–Crippen MR) is 88.6 cm³/mol. The van der Waals surface area contributed by atoms with Crippen LogP contribution in [0.1, 0.15) is 26.2 Å². The van der Waals surface area contributed by atoms with E-state index in [1.165, 1.54) is 4.57 Å². The predicted octanol–water partition coefficient (Wildman–Crippen LogP) is 2.08. The highest BCUT2D eigenvalue weighted by Crippen LogP contribution is 2.26. The van der Waals surface area contributed by atoms with E-state index in [2.05, 4.69) is 22.9 Å². The zero-order chi connectivity index (χ0) is 15.7. The van der Waals surface area contributed by atoms with Crippen molar-refractivity contribution in [3.8, 4) is 12.3 Å². The molecule has 0 saturated carbocycles. The summed E-state index contributed by atoms with van der Waals surface area (Å²) < 4.78 is 3.45. The number of nitrogens with one attached hydrogen (secondary N) is 1. The quantitative estimate of drug-likeness (QED) is 0.559. The minimum absolute atomic E-state index is 0.182. The van der Waals surface area contributed by atoms with Crippen molar-refractivity contribution in [2.24, 2.45) is 0 Å². The lowest BCUT2D eigenvalue weighted by molar-refractivity contribution is 0.564. The van der Waals surface area contributed by atoms with E-state index in [0.717, 1.165) is 36.8 Å². The number of H-pyrrole nitrogens is 1. The number of nitrogens with zero attached hydrogens (tertiary/aromatic N) is 3. The van der Waals surface area contributed by atoms with Gasteiger partial charge in [0.15, 0.2) is 5.65 Å². The van der Waals surface area contributed by atoms with Crippen molar-refractivity contribution in [3.63, 3.8) is 0 Å². The highest BCUT2D eigenvalue weighted by atomic mass is 16.1. The Morgan fingerprint density at radius 2 is 2.27 bits per heavy atom. The fraction of sp³-hybridized carbons (Fsp3) is 0.375. The van der Waals surface area contributed by atoms with Gasteiger partial charge in [0.25, 0.3) is 5.56 Å². The monoisotopic (exact) mass is 297 g/mol.